The Morgan fingerprint density at radius 1 is 1.11 bits per heavy atom. The predicted octanol–water partition coefficient (Wildman–Crippen LogP) is 4.97. The van der Waals surface area contributed by atoms with E-state index in [0.29, 0.717) is 18.8 Å². The van der Waals surface area contributed by atoms with Crippen LogP contribution in [0.25, 0.3) is 11.9 Å². The van der Waals surface area contributed by atoms with Crippen molar-refractivity contribution in [1.29, 1.82) is 0 Å². The second-order valence-corrected chi connectivity index (χ2v) is 9.41. The van der Waals surface area contributed by atoms with Crippen LogP contribution >= 0.6 is 23.2 Å². The highest BCUT2D eigenvalue weighted by Crippen LogP contribution is 2.44. The number of ether oxygens (including phenoxy) is 4. The molecule has 0 radical (unpaired) electrons. The van der Waals surface area contributed by atoms with Crippen molar-refractivity contribution in [2.24, 2.45) is 0 Å². The number of carbonyl (C=O) groups is 1. The SMILES string of the molecule is COc1cc(OC)c(Cl)c(/C(F)=C/c2cnc(NC3COC[C@@H]3NC(=O)OC(C)(C)C)nc2)c1Cl. The molecule has 0 aliphatic carbocycles. The lowest BCUT2D eigenvalue weighted by atomic mass is 10.1. The number of nitrogens with one attached hydrogen (secondary N) is 2. The lowest BCUT2D eigenvalue weighted by Crippen LogP contribution is -2.47. The number of hydrogen-bond acceptors (Lipinski definition) is 8. The Balaban J connectivity index is 1.72. The Kier molecular flexibility index (Phi) is 8.63. The molecule has 1 amide bonds. The van der Waals surface area contributed by atoms with Crippen LogP contribution < -0.4 is 20.1 Å². The van der Waals surface area contributed by atoms with E-state index in [1.165, 1.54) is 38.8 Å². The van der Waals surface area contributed by atoms with E-state index in [4.69, 9.17) is 42.1 Å². The van der Waals surface area contributed by atoms with Gasteiger partial charge in [0.15, 0.2) is 0 Å². The highest BCUT2D eigenvalue weighted by molar-refractivity contribution is 6.39. The number of aromatic nitrogens is 2. The van der Waals surface area contributed by atoms with Gasteiger partial charge in [0.2, 0.25) is 5.95 Å². The number of nitrogens with zero attached hydrogens (tertiary/aromatic N) is 2. The van der Waals surface area contributed by atoms with Gasteiger partial charge in [-0.25, -0.2) is 19.2 Å². The van der Waals surface area contributed by atoms with Gasteiger partial charge in [-0.15, -0.1) is 0 Å². The van der Waals surface area contributed by atoms with Gasteiger partial charge in [-0.1, -0.05) is 23.2 Å². The second kappa shape index (κ2) is 11.3. The van der Waals surface area contributed by atoms with Gasteiger partial charge in [-0.3, -0.25) is 0 Å². The molecule has 190 valence electrons. The third-order valence-corrected chi connectivity index (χ3v) is 5.63. The molecule has 1 aromatic carbocycles. The molecule has 0 spiro atoms. The Bertz CT molecular complexity index is 1060. The summed E-state index contributed by atoms with van der Waals surface area (Å²) in [5, 5.41) is 5.91. The average molecular weight is 529 g/mol. The normalized spacial score (nSPS) is 18.2. The van der Waals surface area contributed by atoms with Gasteiger partial charge in [-0.05, 0) is 26.8 Å². The minimum absolute atomic E-state index is 0.0102. The monoisotopic (exact) mass is 528 g/mol. The molecule has 1 aromatic heterocycles. The summed E-state index contributed by atoms with van der Waals surface area (Å²) < 4.78 is 36.2. The van der Waals surface area contributed by atoms with Gasteiger partial charge >= 0.3 is 6.09 Å². The molecule has 12 heteroatoms. The first kappa shape index (κ1) is 26.8. The highest BCUT2D eigenvalue weighted by Gasteiger charge is 2.31. The lowest BCUT2D eigenvalue weighted by molar-refractivity contribution is 0.0497. The molecule has 1 aliphatic heterocycles. The van der Waals surface area contributed by atoms with Crippen LogP contribution in [-0.2, 0) is 9.47 Å². The fourth-order valence-electron chi connectivity index (χ4n) is 3.26. The van der Waals surface area contributed by atoms with E-state index < -0.39 is 17.5 Å². The first-order valence-electron chi connectivity index (χ1n) is 10.7. The fourth-order valence-corrected chi connectivity index (χ4v) is 3.95. The van der Waals surface area contributed by atoms with E-state index in [9.17, 15) is 4.79 Å². The molecule has 1 unspecified atom stereocenters. The molecule has 9 nitrogen and oxygen atoms in total. The van der Waals surface area contributed by atoms with Crippen molar-refractivity contribution in [3.05, 3.63) is 39.6 Å². The van der Waals surface area contributed by atoms with Crippen LogP contribution in [0.4, 0.5) is 15.1 Å². The van der Waals surface area contributed by atoms with Crippen molar-refractivity contribution >= 4 is 47.1 Å². The number of halogens is 3. The molecule has 2 aromatic rings. The molecule has 0 saturated carbocycles. The summed E-state index contributed by atoms with van der Waals surface area (Å²) in [4.78, 5) is 20.5. The van der Waals surface area contributed by atoms with E-state index in [1.807, 2.05) is 0 Å². The smallest absolute Gasteiger partial charge is 0.408 e. The highest BCUT2D eigenvalue weighted by atomic mass is 35.5. The number of alkyl carbamates (subject to hydrolysis) is 1. The molecular weight excluding hydrogens is 502 g/mol. The summed E-state index contributed by atoms with van der Waals surface area (Å²) in [6, 6.07) is 0.864. The molecule has 1 aliphatic rings. The third-order valence-electron chi connectivity index (χ3n) is 4.87. The van der Waals surface area contributed by atoms with Crippen LogP contribution in [0.2, 0.25) is 10.0 Å². The average Bonchev–Trinajstić information content (AvgIpc) is 3.20. The molecular formula is C23H27Cl2FN4O5. The van der Waals surface area contributed by atoms with Crippen molar-refractivity contribution in [2.75, 3.05) is 32.8 Å². The van der Waals surface area contributed by atoms with E-state index in [0.717, 1.165) is 0 Å². The van der Waals surface area contributed by atoms with Crippen molar-refractivity contribution < 1.29 is 28.1 Å². The molecule has 0 bridgehead atoms. The molecule has 2 N–H and O–H groups in total. The number of carbonyl (C=O) groups excluding carboxylic acids is 1. The molecule has 2 atom stereocenters. The van der Waals surface area contributed by atoms with Crippen LogP contribution in [0.5, 0.6) is 11.5 Å². The van der Waals surface area contributed by atoms with E-state index in [1.54, 1.807) is 20.8 Å². The maximum absolute atomic E-state index is 15.1. The second-order valence-electron chi connectivity index (χ2n) is 8.66. The third kappa shape index (κ3) is 6.87. The molecule has 1 fully saturated rings. The number of benzene rings is 1. The molecule has 2 heterocycles. The van der Waals surface area contributed by atoms with Gasteiger partial charge in [0.1, 0.15) is 22.9 Å². The quantitative estimate of drug-likeness (QED) is 0.518. The zero-order chi connectivity index (χ0) is 25.8. The Morgan fingerprint density at radius 3 is 2.23 bits per heavy atom. The summed E-state index contributed by atoms with van der Waals surface area (Å²) in [6.07, 6.45) is 3.52. The van der Waals surface area contributed by atoms with Crippen LogP contribution in [0.1, 0.15) is 31.9 Å². The summed E-state index contributed by atoms with van der Waals surface area (Å²) >= 11 is 12.5. The van der Waals surface area contributed by atoms with Gasteiger partial charge in [0.25, 0.3) is 0 Å². The topological polar surface area (TPSA) is 104 Å². The summed E-state index contributed by atoms with van der Waals surface area (Å²) in [5.41, 5.74) is -0.308. The Morgan fingerprint density at radius 2 is 1.69 bits per heavy atom. The molecule has 1 saturated heterocycles. The van der Waals surface area contributed by atoms with E-state index in [-0.39, 0.29) is 45.1 Å². The van der Waals surface area contributed by atoms with Gasteiger partial charge < -0.3 is 29.6 Å². The first-order chi connectivity index (χ1) is 16.5. The van der Waals surface area contributed by atoms with Crippen molar-refractivity contribution in [1.82, 2.24) is 15.3 Å². The molecule has 35 heavy (non-hydrogen) atoms. The van der Waals surface area contributed by atoms with Crippen LogP contribution in [0, 0.1) is 0 Å². The summed E-state index contributed by atoms with van der Waals surface area (Å²) in [7, 11) is 2.81. The zero-order valence-electron chi connectivity index (χ0n) is 19.9. The van der Waals surface area contributed by atoms with Crippen LogP contribution in [0.3, 0.4) is 0 Å². The Hall–Kier alpha value is -2.82. The molecule has 3 rings (SSSR count). The largest absolute Gasteiger partial charge is 0.495 e. The maximum atomic E-state index is 15.1. The van der Waals surface area contributed by atoms with E-state index >= 15 is 4.39 Å². The first-order valence-corrected chi connectivity index (χ1v) is 11.4. The number of rotatable bonds is 7. The minimum atomic E-state index is -0.715. The lowest BCUT2D eigenvalue weighted by Gasteiger charge is -2.24. The van der Waals surface area contributed by atoms with Crippen molar-refractivity contribution in [2.45, 2.75) is 38.5 Å². The van der Waals surface area contributed by atoms with Gasteiger partial charge in [0.05, 0.1) is 55.1 Å². The Labute approximate surface area is 212 Å². The summed E-state index contributed by atoms with van der Waals surface area (Å²) in [6.45, 7) is 6.01. The van der Waals surface area contributed by atoms with Gasteiger partial charge in [0, 0.05) is 24.0 Å². The zero-order valence-corrected chi connectivity index (χ0v) is 21.5. The fraction of sp³-hybridized carbons (Fsp3) is 0.435. The standard InChI is InChI=1S/C23H27Cl2FN4O5/c1-23(2,3)35-22(31)30-15-11-34-10-14(15)29-21-27-8-12(9-28-21)6-13(26)18-19(24)16(32-4)7-17(33-5)20(18)25/h6-9,14-15H,10-11H2,1-5H3,(H,30,31)(H,27,28,29)/b13-6-/t14?,15-/m0/s1. The van der Waals surface area contributed by atoms with Crippen LogP contribution in [-0.4, -0.2) is 61.2 Å². The predicted molar refractivity (Wildman–Crippen MR) is 132 cm³/mol. The van der Waals surface area contributed by atoms with Crippen molar-refractivity contribution in [3.63, 3.8) is 0 Å². The summed E-state index contributed by atoms with van der Waals surface area (Å²) in [5.74, 6) is 0.00618. The number of amides is 1. The number of methoxy groups -OCH3 is 2. The van der Waals surface area contributed by atoms with E-state index in [2.05, 4.69) is 20.6 Å². The number of anilines is 1. The minimum Gasteiger partial charge on any atom is -0.495 e. The van der Waals surface area contributed by atoms with Gasteiger partial charge in [-0.2, -0.15) is 0 Å². The van der Waals surface area contributed by atoms with Crippen molar-refractivity contribution in [3.8, 4) is 11.5 Å². The maximum Gasteiger partial charge on any atom is 0.408 e. The van der Waals surface area contributed by atoms with Crippen LogP contribution in [0.15, 0.2) is 18.5 Å². The number of hydrogen-bond donors (Lipinski definition) is 2.